The van der Waals surface area contributed by atoms with E-state index in [-0.39, 0.29) is 42.7 Å². The van der Waals surface area contributed by atoms with E-state index in [1.807, 2.05) is 58.0 Å². The van der Waals surface area contributed by atoms with Crippen molar-refractivity contribution in [2.45, 2.75) is 40.3 Å². The molecule has 32 heavy (non-hydrogen) atoms. The Balaban J connectivity index is 2.32. The minimum Gasteiger partial charge on any atom is -0.377 e. The molecule has 2 aromatic rings. The SMILES string of the molecule is COCC(=O)N(Cc1cccc(F)c1)Cc1cc(NC(=O)CC(C)(C)C)ccc1N(C)C. The molecular formula is C25H34FN3O3. The Kier molecular flexibility index (Phi) is 8.78. The smallest absolute Gasteiger partial charge is 0.249 e. The van der Waals surface area contributed by atoms with Crippen molar-refractivity contribution in [3.05, 3.63) is 59.4 Å². The summed E-state index contributed by atoms with van der Waals surface area (Å²) in [6.45, 7) is 6.49. The van der Waals surface area contributed by atoms with Crippen molar-refractivity contribution in [3.8, 4) is 0 Å². The summed E-state index contributed by atoms with van der Waals surface area (Å²) >= 11 is 0. The summed E-state index contributed by atoms with van der Waals surface area (Å²) in [7, 11) is 5.31. The number of methoxy groups -OCH3 is 1. The van der Waals surface area contributed by atoms with Gasteiger partial charge < -0.3 is 19.9 Å². The second-order valence-electron chi connectivity index (χ2n) is 9.34. The van der Waals surface area contributed by atoms with Gasteiger partial charge in [-0.15, -0.1) is 0 Å². The van der Waals surface area contributed by atoms with Crippen LogP contribution >= 0.6 is 0 Å². The van der Waals surface area contributed by atoms with Crippen LogP contribution < -0.4 is 10.2 Å². The lowest BCUT2D eigenvalue weighted by molar-refractivity contribution is -0.136. The fourth-order valence-electron chi connectivity index (χ4n) is 3.42. The summed E-state index contributed by atoms with van der Waals surface area (Å²) < 4.78 is 18.7. The van der Waals surface area contributed by atoms with Gasteiger partial charge in [-0.1, -0.05) is 32.9 Å². The van der Waals surface area contributed by atoms with E-state index in [0.29, 0.717) is 17.7 Å². The van der Waals surface area contributed by atoms with Crippen molar-refractivity contribution < 1.29 is 18.7 Å². The predicted molar refractivity (Wildman–Crippen MR) is 126 cm³/mol. The van der Waals surface area contributed by atoms with E-state index < -0.39 is 0 Å². The first-order chi connectivity index (χ1) is 15.0. The van der Waals surface area contributed by atoms with E-state index in [9.17, 15) is 14.0 Å². The molecule has 0 saturated carbocycles. The van der Waals surface area contributed by atoms with E-state index in [1.54, 1.807) is 17.0 Å². The van der Waals surface area contributed by atoms with Crippen molar-refractivity contribution in [2.75, 3.05) is 38.0 Å². The third kappa shape index (κ3) is 7.96. The number of nitrogens with one attached hydrogen (secondary N) is 1. The Morgan fingerprint density at radius 3 is 2.38 bits per heavy atom. The van der Waals surface area contributed by atoms with E-state index in [4.69, 9.17) is 4.74 Å². The van der Waals surface area contributed by atoms with Gasteiger partial charge in [-0.2, -0.15) is 0 Å². The lowest BCUT2D eigenvalue weighted by atomic mass is 9.92. The maximum absolute atomic E-state index is 13.7. The van der Waals surface area contributed by atoms with Gasteiger partial charge in [0.1, 0.15) is 12.4 Å². The number of carbonyl (C=O) groups excluding carboxylic acids is 2. The number of anilines is 2. The molecule has 6 nitrogen and oxygen atoms in total. The van der Waals surface area contributed by atoms with E-state index >= 15 is 0 Å². The van der Waals surface area contributed by atoms with E-state index in [2.05, 4.69) is 5.32 Å². The Hall–Kier alpha value is -2.93. The predicted octanol–water partition coefficient (Wildman–Crippen LogP) is 4.44. The second-order valence-corrected chi connectivity index (χ2v) is 9.34. The van der Waals surface area contributed by atoms with Crippen LogP contribution in [0.1, 0.15) is 38.3 Å². The first-order valence-electron chi connectivity index (χ1n) is 10.6. The highest BCUT2D eigenvalue weighted by molar-refractivity contribution is 5.91. The maximum atomic E-state index is 13.7. The average Bonchev–Trinajstić information content (AvgIpc) is 2.66. The molecule has 0 saturated heterocycles. The van der Waals surface area contributed by atoms with Crippen LogP contribution in [0.25, 0.3) is 0 Å². The van der Waals surface area contributed by atoms with Crippen LogP contribution in [-0.2, 0) is 27.4 Å². The Labute approximate surface area is 190 Å². The minimum absolute atomic E-state index is 0.0619. The van der Waals surface area contributed by atoms with Crippen LogP contribution in [0.2, 0.25) is 0 Å². The van der Waals surface area contributed by atoms with Crippen LogP contribution in [0.15, 0.2) is 42.5 Å². The van der Waals surface area contributed by atoms with Crippen LogP contribution in [0.4, 0.5) is 15.8 Å². The molecule has 0 aromatic heterocycles. The fourth-order valence-corrected chi connectivity index (χ4v) is 3.42. The highest BCUT2D eigenvalue weighted by Crippen LogP contribution is 2.26. The Morgan fingerprint density at radius 1 is 1.06 bits per heavy atom. The normalized spacial score (nSPS) is 11.2. The third-order valence-corrected chi connectivity index (χ3v) is 4.78. The van der Waals surface area contributed by atoms with Gasteiger partial charge in [0, 0.05) is 52.1 Å². The number of carbonyl (C=O) groups is 2. The van der Waals surface area contributed by atoms with E-state index in [1.165, 1.54) is 19.2 Å². The number of benzene rings is 2. The van der Waals surface area contributed by atoms with Gasteiger partial charge in [0.05, 0.1) is 0 Å². The summed E-state index contributed by atoms with van der Waals surface area (Å²) in [4.78, 5) is 28.8. The summed E-state index contributed by atoms with van der Waals surface area (Å²) in [5.41, 5.74) is 3.03. The highest BCUT2D eigenvalue weighted by atomic mass is 19.1. The van der Waals surface area contributed by atoms with Crippen molar-refractivity contribution >= 4 is 23.2 Å². The van der Waals surface area contributed by atoms with Crippen molar-refractivity contribution in [2.24, 2.45) is 5.41 Å². The van der Waals surface area contributed by atoms with Gasteiger partial charge in [-0.3, -0.25) is 9.59 Å². The number of amides is 2. The molecule has 0 radical (unpaired) electrons. The number of hydrogen-bond donors (Lipinski definition) is 1. The molecule has 0 fully saturated rings. The zero-order valence-corrected chi connectivity index (χ0v) is 19.9. The van der Waals surface area contributed by atoms with Crippen LogP contribution in [0, 0.1) is 11.2 Å². The average molecular weight is 444 g/mol. The van der Waals surface area contributed by atoms with Gasteiger partial charge in [-0.05, 0) is 46.9 Å². The standard InChI is InChI=1S/C25H34FN3O3/c1-25(2,3)14-23(30)27-21-10-11-22(28(4)5)19(13-21)16-29(24(31)17-32-6)15-18-8-7-9-20(26)12-18/h7-13H,14-17H2,1-6H3,(H,27,30). The summed E-state index contributed by atoms with van der Waals surface area (Å²) in [6, 6.07) is 11.9. The topological polar surface area (TPSA) is 61.9 Å². The first kappa shape index (κ1) is 25.3. The van der Waals surface area contributed by atoms with Gasteiger partial charge in [-0.25, -0.2) is 4.39 Å². The molecule has 1 N–H and O–H groups in total. The van der Waals surface area contributed by atoms with Crippen LogP contribution in [0.5, 0.6) is 0 Å². The number of halogens is 1. The van der Waals surface area contributed by atoms with E-state index in [0.717, 1.165) is 11.3 Å². The lowest BCUT2D eigenvalue weighted by Gasteiger charge is -2.26. The lowest BCUT2D eigenvalue weighted by Crippen LogP contribution is -2.33. The zero-order chi connectivity index (χ0) is 23.9. The molecule has 2 aromatic carbocycles. The molecule has 0 atom stereocenters. The summed E-state index contributed by atoms with van der Waals surface area (Å²) in [5.74, 6) is -0.615. The zero-order valence-electron chi connectivity index (χ0n) is 19.9. The number of ether oxygens (including phenoxy) is 1. The first-order valence-corrected chi connectivity index (χ1v) is 10.6. The molecule has 2 amide bonds. The number of rotatable bonds is 9. The number of nitrogens with zero attached hydrogens (tertiary/aromatic N) is 2. The van der Waals surface area contributed by atoms with Crippen molar-refractivity contribution in [1.82, 2.24) is 4.90 Å². The maximum Gasteiger partial charge on any atom is 0.249 e. The third-order valence-electron chi connectivity index (χ3n) is 4.78. The molecular weight excluding hydrogens is 409 g/mol. The van der Waals surface area contributed by atoms with Gasteiger partial charge in [0.2, 0.25) is 11.8 Å². The molecule has 0 aliphatic carbocycles. The largest absolute Gasteiger partial charge is 0.377 e. The minimum atomic E-state index is -0.348. The van der Waals surface area contributed by atoms with Crippen LogP contribution in [0.3, 0.4) is 0 Å². The van der Waals surface area contributed by atoms with Crippen molar-refractivity contribution in [1.29, 1.82) is 0 Å². The van der Waals surface area contributed by atoms with Crippen LogP contribution in [-0.4, -0.2) is 44.5 Å². The summed E-state index contributed by atoms with van der Waals surface area (Å²) in [6.07, 6.45) is 0.399. The molecule has 0 aliphatic heterocycles. The molecule has 0 aliphatic rings. The monoisotopic (exact) mass is 443 g/mol. The van der Waals surface area contributed by atoms with Gasteiger partial charge in [0.15, 0.2) is 0 Å². The Morgan fingerprint density at radius 2 is 1.78 bits per heavy atom. The Bertz CT molecular complexity index is 938. The molecule has 2 rings (SSSR count). The van der Waals surface area contributed by atoms with Gasteiger partial charge >= 0.3 is 0 Å². The van der Waals surface area contributed by atoms with Gasteiger partial charge in [0.25, 0.3) is 0 Å². The fraction of sp³-hybridized carbons (Fsp3) is 0.440. The molecule has 0 heterocycles. The second kappa shape index (κ2) is 11.1. The highest BCUT2D eigenvalue weighted by Gasteiger charge is 2.19. The molecule has 0 spiro atoms. The molecule has 174 valence electrons. The number of hydrogen-bond acceptors (Lipinski definition) is 4. The molecule has 0 unspecified atom stereocenters. The molecule has 0 bridgehead atoms. The van der Waals surface area contributed by atoms with Crippen molar-refractivity contribution in [3.63, 3.8) is 0 Å². The summed E-state index contributed by atoms with van der Waals surface area (Å²) in [5, 5.41) is 2.95. The quantitative estimate of drug-likeness (QED) is 0.622. The molecule has 7 heteroatoms.